The maximum atomic E-state index is 12.2. The molecule has 0 aromatic heterocycles. The highest BCUT2D eigenvalue weighted by Crippen LogP contribution is 2.22. The number of nitrogens with zero attached hydrogens (tertiary/aromatic N) is 2. The van der Waals surface area contributed by atoms with E-state index in [-0.39, 0.29) is 18.1 Å². The summed E-state index contributed by atoms with van der Waals surface area (Å²) in [7, 11) is 0. The fourth-order valence-electron chi connectivity index (χ4n) is 3.17. The van der Waals surface area contributed by atoms with Gasteiger partial charge in [0, 0.05) is 36.3 Å². The number of rotatable bonds is 7. The minimum Gasteiger partial charge on any atom is -0.456 e. The van der Waals surface area contributed by atoms with E-state index in [9.17, 15) is 24.5 Å². The van der Waals surface area contributed by atoms with Gasteiger partial charge in [-0.15, -0.1) is 0 Å². The van der Waals surface area contributed by atoms with Gasteiger partial charge in [-0.3, -0.25) is 24.5 Å². The molecular weight excluding hydrogens is 390 g/mol. The number of benzene rings is 2. The molecule has 0 aliphatic carbocycles. The number of amides is 2. The molecule has 0 radical (unpaired) electrons. The maximum Gasteiger partial charge on any atom is 0.326 e. The molecule has 1 saturated heterocycles. The van der Waals surface area contributed by atoms with Gasteiger partial charge < -0.3 is 15.0 Å². The van der Waals surface area contributed by atoms with Crippen LogP contribution in [0.15, 0.2) is 48.5 Å². The van der Waals surface area contributed by atoms with E-state index in [0.717, 1.165) is 12.1 Å². The van der Waals surface area contributed by atoms with Gasteiger partial charge in [-0.25, -0.2) is 0 Å². The third kappa shape index (κ3) is 4.99. The largest absolute Gasteiger partial charge is 0.456 e. The molecule has 2 aromatic carbocycles. The number of nitrogens with one attached hydrogen (secondary N) is 1. The van der Waals surface area contributed by atoms with Gasteiger partial charge in [0.15, 0.2) is 0 Å². The average molecular weight is 411 g/mol. The highest BCUT2D eigenvalue weighted by molar-refractivity contribution is 5.98. The first-order valence-electron chi connectivity index (χ1n) is 9.47. The fourth-order valence-corrected chi connectivity index (χ4v) is 3.17. The zero-order valence-corrected chi connectivity index (χ0v) is 16.4. The van der Waals surface area contributed by atoms with Crippen LogP contribution in [0.5, 0.6) is 0 Å². The Morgan fingerprint density at radius 2 is 1.97 bits per heavy atom. The van der Waals surface area contributed by atoms with Gasteiger partial charge >= 0.3 is 5.97 Å². The molecule has 30 heavy (non-hydrogen) atoms. The molecule has 1 atom stereocenters. The Bertz CT molecular complexity index is 973. The lowest BCUT2D eigenvalue weighted by atomic mass is 10.1. The Morgan fingerprint density at radius 3 is 2.60 bits per heavy atom. The summed E-state index contributed by atoms with van der Waals surface area (Å²) in [5, 5.41) is 13.3. The van der Waals surface area contributed by atoms with Crippen LogP contribution in [0.3, 0.4) is 0 Å². The fraction of sp³-hybridized carbons (Fsp3) is 0.286. The summed E-state index contributed by atoms with van der Waals surface area (Å²) in [4.78, 5) is 48.1. The summed E-state index contributed by atoms with van der Waals surface area (Å²) in [6, 6.07) is 12.4. The number of nitro groups is 1. The van der Waals surface area contributed by atoms with Crippen molar-refractivity contribution < 1.29 is 24.0 Å². The van der Waals surface area contributed by atoms with Crippen LogP contribution >= 0.6 is 0 Å². The molecule has 0 unspecified atom stereocenters. The lowest BCUT2D eigenvalue weighted by molar-refractivity contribution is -0.385. The van der Waals surface area contributed by atoms with Gasteiger partial charge in [-0.2, -0.15) is 0 Å². The Labute approximate surface area is 172 Å². The van der Waals surface area contributed by atoms with Gasteiger partial charge in [0.2, 0.25) is 5.91 Å². The van der Waals surface area contributed by atoms with E-state index in [1.54, 1.807) is 42.2 Å². The number of carbonyl (C=O) groups excluding carboxylic acids is 3. The quantitative estimate of drug-likeness (QED) is 0.425. The van der Waals surface area contributed by atoms with Crippen molar-refractivity contribution in [2.24, 2.45) is 0 Å². The number of ether oxygens (including phenoxy) is 1. The summed E-state index contributed by atoms with van der Waals surface area (Å²) in [6.07, 6.45) is 0.642. The maximum absolute atomic E-state index is 12.2. The molecular formula is C21H21N3O6. The van der Waals surface area contributed by atoms with Crippen molar-refractivity contribution in [3.05, 3.63) is 69.8 Å². The van der Waals surface area contributed by atoms with E-state index in [2.05, 4.69) is 5.32 Å². The van der Waals surface area contributed by atoms with E-state index in [1.807, 2.05) is 0 Å². The van der Waals surface area contributed by atoms with Crippen LogP contribution in [-0.4, -0.2) is 35.8 Å². The van der Waals surface area contributed by atoms with Gasteiger partial charge in [-0.05, 0) is 43.2 Å². The topological polar surface area (TPSA) is 119 Å². The Balaban J connectivity index is 1.51. The van der Waals surface area contributed by atoms with Crippen LogP contribution in [0.25, 0.3) is 0 Å². The van der Waals surface area contributed by atoms with E-state index in [4.69, 9.17) is 4.74 Å². The summed E-state index contributed by atoms with van der Waals surface area (Å²) in [5.41, 5.74) is 1.47. The number of esters is 1. The molecule has 1 aliphatic rings. The Kier molecular flexibility index (Phi) is 6.41. The normalized spacial score (nSPS) is 14.3. The van der Waals surface area contributed by atoms with Crippen LogP contribution in [0.4, 0.5) is 11.4 Å². The number of nitro benzene ring substituents is 1. The first kappa shape index (κ1) is 21.0. The molecule has 0 bridgehead atoms. The summed E-state index contributed by atoms with van der Waals surface area (Å²) in [6.45, 7) is 1.92. The number of hydrogen-bond acceptors (Lipinski definition) is 6. The average Bonchev–Trinajstić information content (AvgIpc) is 3.18. The van der Waals surface area contributed by atoms with Gasteiger partial charge in [0.1, 0.15) is 12.6 Å². The monoisotopic (exact) mass is 411 g/mol. The van der Waals surface area contributed by atoms with Crippen molar-refractivity contribution in [3.8, 4) is 0 Å². The molecule has 0 spiro atoms. The summed E-state index contributed by atoms with van der Waals surface area (Å²) in [5.74, 6) is -1.05. The molecule has 156 valence electrons. The SMILES string of the molecule is C[C@@H](OC(=O)CNC(=O)c1ccc(N2CCCC2=O)cc1)c1cccc([N+](=O)[O-])c1. The first-order valence-corrected chi connectivity index (χ1v) is 9.47. The van der Waals surface area contributed by atoms with Crippen LogP contribution in [0, 0.1) is 10.1 Å². The Hall–Kier alpha value is -3.75. The number of carbonyl (C=O) groups is 3. The second-order valence-corrected chi connectivity index (χ2v) is 6.86. The zero-order chi connectivity index (χ0) is 21.7. The van der Waals surface area contributed by atoms with Crippen LogP contribution in [-0.2, 0) is 14.3 Å². The van der Waals surface area contributed by atoms with Crippen molar-refractivity contribution in [2.45, 2.75) is 25.9 Å². The van der Waals surface area contributed by atoms with Crippen molar-refractivity contribution in [1.82, 2.24) is 5.32 Å². The van der Waals surface area contributed by atoms with Crippen molar-refractivity contribution in [2.75, 3.05) is 18.0 Å². The predicted molar refractivity (Wildman–Crippen MR) is 108 cm³/mol. The van der Waals surface area contributed by atoms with Gasteiger partial charge in [0.05, 0.1) is 4.92 Å². The molecule has 2 aromatic rings. The lowest BCUT2D eigenvalue weighted by Crippen LogP contribution is -2.31. The molecule has 1 aliphatic heterocycles. The van der Waals surface area contributed by atoms with E-state index >= 15 is 0 Å². The molecule has 3 rings (SSSR count). The van der Waals surface area contributed by atoms with Crippen molar-refractivity contribution in [3.63, 3.8) is 0 Å². The second-order valence-electron chi connectivity index (χ2n) is 6.86. The van der Waals surface area contributed by atoms with Crippen LogP contribution < -0.4 is 10.2 Å². The third-order valence-electron chi connectivity index (χ3n) is 4.77. The van der Waals surface area contributed by atoms with E-state index in [1.165, 1.54) is 18.2 Å². The minimum absolute atomic E-state index is 0.0628. The molecule has 0 saturated carbocycles. The molecule has 1 heterocycles. The molecule has 9 heteroatoms. The smallest absolute Gasteiger partial charge is 0.326 e. The van der Waals surface area contributed by atoms with Crippen molar-refractivity contribution >= 4 is 29.2 Å². The highest BCUT2D eigenvalue weighted by atomic mass is 16.6. The number of anilines is 1. The van der Waals surface area contributed by atoms with Crippen LogP contribution in [0.2, 0.25) is 0 Å². The number of hydrogen-bond donors (Lipinski definition) is 1. The van der Waals surface area contributed by atoms with Gasteiger partial charge in [0.25, 0.3) is 11.6 Å². The lowest BCUT2D eigenvalue weighted by Gasteiger charge is -2.16. The van der Waals surface area contributed by atoms with E-state index in [0.29, 0.717) is 24.1 Å². The predicted octanol–water partition coefficient (Wildman–Crippen LogP) is 2.76. The first-order chi connectivity index (χ1) is 14.3. The Morgan fingerprint density at radius 1 is 1.23 bits per heavy atom. The van der Waals surface area contributed by atoms with Crippen LogP contribution in [0.1, 0.15) is 41.8 Å². The molecule has 1 N–H and O–H groups in total. The zero-order valence-electron chi connectivity index (χ0n) is 16.4. The second kappa shape index (κ2) is 9.17. The molecule has 2 amide bonds. The van der Waals surface area contributed by atoms with Crippen molar-refractivity contribution in [1.29, 1.82) is 0 Å². The highest BCUT2D eigenvalue weighted by Gasteiger charge is 2.22. The minimum atomic E-state index is -0.702. The standard InChI is InChI=1S/C21H21N3O6/c1-14(16-4-2-5-18(12-16)24(28)29)30-20(26)13-22-21(27)15-7-9-17(10-8-15)23-11-3-6-19(23)25/h2,4-5,7-10,12,14H,3,6,11,13H2,1H3,(H,22,27)/t14-/m1/s1. The van der Waals surface area contributed by atoms with Gasteiger partial charge in [-0.1, -0.05) is 12.1 Å². The summed E-state index contributed by atoms with van der Waals surface area (Å²) < 4.78 is 5.24. The van der Waals surface area contributed by atoms with E-state index < -0.39 is 22.9 Å². The third-order valence-corrected chi connectivity index (χ3v) is 4.77. The number of non-ortho nitro benzene ring substituents is 1. The summed E-state index contributed by atoms with van der Waals surface area (Å²) >= 11 is 0. The molecule has 1 fully saturated rings. The molecule has 9 nitrogen and oxygen atoms in total.